The molecule has 9 heteroatoms. The second kappa shape index (κ2) is 7.28. The third kappa shape index (κ3) is 4.56. The van der Waals surface area contributed by atoms with Crippen LogP contribution in [0.3, 0.4) is 0 Å². The van der Waals surface area contributed by atoms with Crippen molar-refractivity contribution in [2.75, 3.05) is 7.11 Å². The van der Waals surface area contributed by atoms with Crippen LogP contribution in [0.1, 0.15) is 13.8 Å². The lowest BCUT2D eigenvalue weighted by atomic mass is 10.1. The molecule has 0 spiro atoms. The fraction of sp³-hybridized carbons (Fsp3) is 0.417. The van der Waals surface area contributed by atoms with Crippen LogP contribution in [-0.2, 0) is 19.6 Å². The molecule has 0 aliphatic rings. The van der Waals surface area contributed by atoms with E-state index in [0.29, 0.717) is 4.47 Å². The van der Waals surface area contributed by atoms with Crippen molar-refractivity contribution in [1.82, 2.24) is 4.72 Å². The summed E-state index contributed by atoms with van der Waals surface area (Å²) < 4.78 is 32.3. The molecule has 0 radical (unpaired) electrons. The van der Waals surface area contributed by atoms with Crippen molar-refractivity contribution in [1.29, 1.82) is 0 Å². The van der Waals surface area contributed by atoms with E-state index >= 15 is 0 Å². The molecule has 0 saturated carbocycles. The molecule has 0 aromatic heterocycles. The van der Waals surface area contributed by atoms with Gasteiger partial charge in [0.05, 0.1) is 17.2 Å². The van der Waals surface area contributed by atoms with E-state index in [1.54, 1.807) is 13.8 Å². The lowest BCUT2D eigenvalue weighted by Crippen LogP contribution is -2.45. The Morgan fingerprint density at radius 3 is 2.14 bits per heavy atom. The van der Waals surface area contributed by atoms with Crippen molar-refractivity contribution in [3.8, 4) is 0 Å². The average molecular weight is 419 g/mol. The third-order valence-corrected chi connectivity index (χ3v) is 5.46. The molecule has 0 aliphatic carbocycles. The van der Waals surface area contributed by atoms with Crippen LogP contribution in [0, 0.1) is 5.92 Å². The summed E-state index contributed by atoms with van der Waals surface area (Å²) >= 11 is 15.1. The fourth-order valence-electron chi connectivity index (χ4n) is 1.60. The highest BCUT2D eigenvalue weighted by molar-refractivity contribution is 9.10. The Kier molecular flexibility index (Phi) is 6.49. The number of carbonyl (C=O) groups is 1. The zero-order valence-corrected chi connectivity index (χ0v) is 15.4. The number of ether oxygens (including phenoxy) is 1. The van der Waals surface area contributed by atoms with Gasteiger partial charge in [-0.2, -0.15) is 4.72 Å². The van der Waals surface area contributed by atoms with E-state index in [-0.39, 0.29) is 20.9 Å². The van der Waals surface area contributed by atoms with Crippen molar-refractivity contribution in [3.63, 3.8) is 0 Å². The summed E-state index contributed by atoms with van der Waals surface area (Å²) in [5, 5.41) is -0.0940. The lowest BCUT2D eigenvalue weighted by Gasteiger charge is -2.20. The van der Waals surface area contributed by atoms with Crippen molar-refractivity contribution in [3.05, 3.63) is 26.7 Å². The van der Waals surface area contributed by atoms with Crippen LogP contribution >= 0.6 is 39.1 Å². The van der Waals surface area contributed by atoms with Crippen LogP contribution in [0.2, 0.25) is 10.0 Å². The highest BCUT2D eigenvalue weighted by Gasteiger charge is 2.31. The number of methoxy groups -OCH3 is 1. The number of benzene rings is 1. The molecule has 1 atom stereocenters. The van der Waals surface area contributed by atoms with Gasteiger partial charge in [-0.05, 0) is 18.1 Å². The van der Waals surface area contributed by atoms with Crippen LogP contribution < -0.4 is 4.72 Å². The molecule has 0 bridgehead atoms. The molecule has 21 heavy (non-hydrogen) atoms. The smallest absolute Gasteiger partial charge is 0.324 e. The molecule has 0 aliphatic heterocycles. The van der Waals surface area contributed by atoms with Crippen molar-refractivity contribution < 1.29 is 17.9 Å². The predicted octanol–water partition coefficient (Wildman–Crippen LogP) is 3.23. The number of carbonyl (C=O) groups excluding carboxylic acids is 1. The Hall–Kier alpha value is -0.340. The molecule has 0 saturated heterocycles. The van der Waals surface area contributed by atoms with Gasteiger partial charge in [0.25, 0.3) is 0 Å². The minimum atomic E-state index is -4.07. The predicted molar refractivity (Wildman–Crippen MR) is 85.1 cm³/mol. The topological polar surface area (TPSA) is 72.5 Å². The van der Waals surface area contributed by atoms with Crippen LogP contribution in [0.25, 0.3) is 0 Å². The van der Waals surface area contributed by atoms with Crippen molar-refractivity contribution in [2.45, 2.75) is 24.8 Å². The Labute approximate surface area is 142 Å². The quantitative estimate of drug-likeness (QED) is 0.745. The van der Waals surface area contributed by atoms with E-state index in [1.807, 2.05) is 0 Å². The fourth-order valence-corrected chi connectivity index (χ4v) is 4.86. The highest BCUT2D eigenvalue weighted by Crippen LogP contribution is 2.33. The monoisotopic (exact) mass is 417 g/mol. The van der Waals surface area contributed by atoms with Crippen molar-refractivity contribution >= 4 is 55.1 Å². The van der Waals surface area contributed by atoms with E-state index in [4.69, 9.17) is 23.2 Å². The second-order valence-corrected chi connectivity index (χ2v) is 7.95. The van der Waals surface area contributed by atoms with Gasteiger partial charge in [0.15, 0.2) is 0 Å². The Morgan fingerprint density at radius 2 is 1.76 bits per heavy atom. The molecule has 1 rings (SSSR count). The molecule has 0 amide bonds. The zero-order chi connectivity index (χ0) is 16.4. The number of sulfonamides is 1. The summed E-state index contributed by atoms with van der Waals surface area (Å²) in [6.45, 7) is 3.38. The molecule has 0 fully saturated rings. The largest absolute Gasteiger partial charge is 0.468 e. The van der Waals surface area contributed by atoms with Crippen LogP contribution in [0.15, 0.2) is 21.5 Å². The summed E-state index contributed by atoms with van der Waals surface area (Å²) in [5.41, 5.74) is 0. The molecule has 0 heterocycles. The number of hydrogen-bond donors (Lipinski definition) is 1. The standard InChI is InChI=1S/C12H14BrCl2NO4S/c1-6(2)10(12(17)20-3)16-21(18,19)11-8(14)4-7(13)5-9(11)15/h4-6,10,16H,1-3H3/t10-/m0/s1. The second-order valence-electron chi connectivity index (χ2n) is 4.56. The summed E-state index contributed by atoms with van der Waals surface area (Å²) in [7, 11) is -2.89. The first-order chi connectivity index (χ1) is 9.60. The molecule has 1 aromatic carbocycles. The van der Waals surface area contributed by atoms with E-state index < -0.39 is 22.0 Å². The van der Waals surface area contributed by atoms with E-state index in [0.717, 1.165) is 0 Å². The maximum atomic E-state index is 12.4. The summed E-state index contributed by atoms with van der Waals surface area (Å²) in [4.78, 5) is 11.4. The minimum Gasteiger partial charge on any atom is -0.468 e. The Bertz CT molecular complexity index is 626. The number of rotatable bonds is 5. The van der Waals surface area contributed by atoms with Crippen LogP contribution in [0.5, 0.6) is 0 Å². The summed E-state index contributed by atoms with van der Waals surface area (Å²) in [6.07, 6.45) is 0. The van der Waals surface area contributed by atoms with E-state index in [2.05, 4.69) is 25.4 Å². The van der Waals surface area contributed by atoms with Gasteiger partial charge in [-0.15, -0.1) is 0 Å². The number of esters is 1. The first kappa shape index (κ1) is 18.7. The van der Waals surface area contributed by atoms with Gasteiger partial charge in [-0.3, -0.25) is 4.79 Å². The Morgan fingerprint density at radius 1 is 1.29 bits per heavy atom. The molecule has 5 nitrogen and oxygen atoms in total. The van der Waals surface area contributed by atoms with Gasteiger partial charge >= 0.3 is 5.97 Å². The van der Waals surface area contributed by atoms with E-state index in [9.17, 15) is 13.2 Å². The lowest BCUT2D eigenvalue weighted by molar-refractivity contribution is -0.143. The molecule has 1 aromatic rings. The molecule has 1 N–H and O–H groups in total. The van der Waals surface area contributed by atoms with Gasteiger partial charge in [0, 0.05) is 4.47 Å². The molecular formula is C12H14BrCl2NO4S. The van der Waals surface area contributed by atoms with E-state index in [1.165, 1.54) is 19.2 Å². The first-order valence-corrected chi connectivity index (χ1v) is 8.88. The third-order valence-electron chi connectivity index (χ3n) is 2.64. The maximum absolute atomic E-state index is 12.4. The molecule has 0 unspecified atom stereocenters. The van der Waals surface area contributed by atoms with Gasteiger partial charge in [0.1, 0.15) is 10.9 Å². The maximum Gasteiger partial charge on any atom is 0.324 e. The first-order valence-electron chi connectivity index (χ1n) is 5.85. The van der Waals surface area contributed by atoms with Gasteiger partial charge in [-0.25, -0.2) is 8.42 Å². The number of hydrogen-bond acceptors (Lipinski definition) is 4. The van der Waals surface area contributed by atoms with Crippen LogP contribution in [0.4, 0.5) is 0 Å². The zero-order valence-electron chi connectivity index (χ0n) is 11.5. The number of nitrogens with one attached hydrogen (secondary N) is 1. The highest BCUT2D eigenvalue weighted by atomic mass is 79.9. The minimum absolute atomic E-state index is 0.0470. The summed E-state index contributed by atoms with van der Waals surface area (Å²) in [5.74, 6) is -0.988. The Balaban J connectivity index is 3.26. The molecule has 118 valence electrons. The van der Waals surface area contributed by atoms with Gasteiger partial charge < -0.3 is 4.74 Å². The van der Waals surface area contributed by atoms with Crippen LogP contribution in [-0.4, -0.2) is 27.5 Å². The van der Waals surface area contributed by atoms with Crippen molar-refractivity contribution in [2.24, 2.45) is 5.92 Å². The molecular weight excluding hydrogens is 405 g/mol. The van der Waals surface area contributed by atoms with Gasteiger partial charge in [0.2, 0.25) is 10.0 Å². The SMILES string of the molecule is COC(=O)[C@@H](NS(=O)(=O)c1c(Cl)cc(Br)cc1Cl)C(C)C. The number of halogens is 3. The average Bonchev–Trinajstić information content (AvgIpc) is 2.33. The normalized spacial score (nSPS) is 13.3. The summed E-state index contributed by atoms with van der Waals surface area (Å²) in [6, 6.07) is 1.78. The van der Waals surface area contributed by atoms with Gasteiger partial charge in [-0.1, -0.05) is 53.0 Å².